The van der Waals surface area contributed by atoms with E-state index in [4.69, 9.17) is 25.7 Å². The first-order chi connectivity index (χ1) is 21.1. The zero-order chi connectivity index (χ0) is 29.2. The summed E-state index contributed by atoms with van der Waals surface area (Å²) < 4.78 is 7.73. The molecule has 4 aromatic heterocycles. The van der Waals surface area contributed by atoms with Crippen molar-refractivity contribution in [3.05, 3.63) is 84.1 Å². The number of hydrogen-bond donors (Lipinski definition) is 2. The molecule has 7 rings (SSSR count). The van der Waals surface area contributed by atoms with Gasteiger partial charge in [-0.3, -0.25) is 9.47 Å². The van der Waals surface area contributed by atoms with E-state index in [1.165, 1.54) is 5.56 Å². The van der Waals surface area contributed by atoms with Gasteiger partial charge in [-0.1, -0.05) is 12.1 Å². The molecule has 2 aliphatic heterocycles. The molecule has 6 heterocycles. The first-order valence-electron chi connectivity index (χ1n) is 14.6. The summed E-state index contributed by atoms with van der Waals surface area (Å²) in [5.41, 5.74) is 11.9. The molecule has 1 aromatic carbocycles. The topological polar surface area (TPSA) is 144 Å². The second-order valence-electron chi connectivity index (χ2n) is 11.1. The number of anilines is 2. The third kappa shape index (κ3) is 5.62. The summed E-state index contributed by atoms with van der Waals surface area (Å²) in [5, 5.41) is 12.5. The highest BCUT2D eigenvalue weighted by Gasteiger charge is 2.23. The zero-order valence-electron chi connectivity index (χ0n) is 23.7. The van der Waals surface area contributed by atoms with E-state index in [9.17, 15) is 0 Å². The van der Waals surface area contributed by atoms with Gasteiger partial charge >= 0.3 is 0 Å². The van der Waals surface area contributed by atoms with Crippen molar-refractivity contribution >= 4 is 22.8 Å². The fourth-order valence-electron chi connectivity index (χ4n) is 5.95. The number of rotatable bonds is 7. The number of pyridine rings is 2. The second kappa shape index (κ2) is 11.8. The Balaban J connectivity index is 1.11. The van der Waals surface area contributed by atoms with Crippen molar-refractivity contribution in [3.8, 4) is 23.1 Å². The number of aromatic nitrogens is 6. The number of ether oxygens (including phenoxy) is 1. The molecule has 11 nitrogen and oxygen atoms in total. The Morgan fingerprint density at radius 3 is 2.58 bits per heavy atom. The van der Waals surface area contributed by atoms with Gasteiger partial charge in [-0.2, -0.15) is 5.26 Å². The van der Waals surface area contributed by atoms with Crippen LogP contribution in [0.15, 0.2) is 67.0 Å². The van der Waals surface area contributed by atoms with E-state index in [0.717, 1.165) is 79.4 Å². The van der Waals surface area contributed by atoms with Crippen LogP contribution < -0.4 is 11.1 Å². The number of benzene rings is 1. The molecule has 5 aromatic rings. The lowest BCUT2D eigenvalue weighted by Gasteiger charge is -2.32. The minimum absolute atomic E-state index is 0.185. The Morgan fingerprint density at radius 1 is 0.953 bits per heavy atom. The smallest absolute Gasteiger partial charge is 0.234 e. The van der Waals surface area contributed by atoms with Crippen molar-refractivity contribution in [2.45, 2.75) is 37.8 Å². The van der Waals surface area contributed by atoms with E-state index in [1.807, 2.05) is 30.3 Å². The molecule has 0 saturated carbocycles. The Hall–Kier alpha value is -4.92. The highest BCUT2D eigenvalue weighted by molar-refractivity contribution is 5.83. The Labute approximate surface area is 249 Å². The molecule has 3 N–H and O–H groups in total. The molecule has 0 spiro atoms. The molecular formula is C32H32N10O. The van der Waals surface area contributed by atoms with Crippen molar-refractivity contribution < 1.29 is 4.74 Å². The summed E-state index contributed by atoms with van der Waals surface area (Å²) >= 11 is 0. The summed E-state index contributed by atoms with van der Waals surface area (Å²) in [6, 6.07) is 20.7. The quantitative estimate of drug-likeness (QED) is 0.290. The van der Waals surface area contributed by atoms with Crippen LogP contribution in [0.25, 0.3) is 28.2 Å². The fourth-order valence-corrected chi connectivity index (χ4v) is 5.95. The Bertz CT molecular complexity index is 1780. The average molecular weight is 573 g/mol. The molecule has 1 atom stereocenters. The third-order valence-electron chi connectivity index (χ3n) is 8.25. The molecule has 2 saturated heterocycles. The molecule has 0 amide bonds. The predicted molar refractivity (Wildman–Crippen MR) is 163 cm³/mol. The van der Waals surface area contributed by atoms with Crippen LogP contribution in [0.1, 0.15) is 42.3 Å². The number of nitrogens with two attached hydrogens (primary N) is 1. The molecule has 2 fully saturated rings. The molecule has 0 aliphatic carbocycles. The van der Waals surface area contributed by atoms with Crippen molar-refractivity contribution in [1.29, 1.82) is 5.26 Å². The number of piperidine rings is 1. The molecule has 43 heavy (non-hydrogen) atoms. The van der Waals surface area contributed by atoms with E-state index < -0.39 is 0 Å². The molecule has 0 radical (unpaired) electrons. The van der Waals surface area contributed by atoms with Crippen LogP contribution >= 0.6 is 0 Å². The summed E-state index contributed by atoms with van der Waals surface area (Å²) in [7, 11) is 0. The summed E-state index contributed by atoms with van der Waals surface area (Å²) in [6.07, 6.45) is 6.28. The average Bonchev–Trinajstić information content (AvgIpc) is 3.71. The standard InChI is InChI=1S/C32H32N10O/c33-18-29-35-14-9-28(40-29)37-23-10-15-41(16-11-23)19-21-3-5-24(6-4-21)42-31(25-2-1-13-36-30(25)34)39-27-8-7-26(38-32(27)42)22-12-17-43-20-22/h1-9,13-14,22-23H,10-12,15-17,19-20H2,(H2,34,36)(H,35,37,40)/t22-/m1/s1. The van der Waals surface area contributed by atoms with E-state index in [0.29, 0.717) is 24.3 Å². The van der Waals surface area contributed by atoms with Crippen molar-refractivity contribution in [2.24, 2.45) is 0 Å². The summed E-state index contributed by atoms with van der Waals surface area (Å²) in [5.74, 6) is 2.34. The maximum absolute atomic E-state index is 9.06. The van der Waals surface area contributed by atoms with Gasteiger partial charge < -0.3 is 15.8 Å². The van der Waals surface area contributed by atoms with Crippen LogP contribution in [0.2, 0.25) is 0 Å². The SMILES string of the molecule is N#Cc1nccc(NC2CCN(Cc3ccc(-n4c(-c5cccnc5N)nc5ccc([C@@H]6CCOC6)nc54)cc3)CC2)n1. The van der Waals surface area contributed by atoms with Gasteiger partial charge in [-0.25, -0.2) is 24.9 Å². The van der Waals surface area contributed by atoms with Gasteiger partial charge in [0.05, 0.1) is 12.2 Å². The highest BCUT2D eigenvalue weighted by atomic mass is 16.5. The van der Waals surface area contributed by atoms with Gasteiger partial charge in [0.2, 0.25) is 5.82 Å². The number of nitriles is 1. The van der Waals surface area contributed by atoms with E-state index in [1.54, 1.807) is 12.4 Å². The maximum atomic E-state index is 9.06. The number of imidazole rings is 1. The lowest BCUT2D eigenvalue weighted by Crippen LogP contribution is -2.38. The lowest BCUT2D eigenvalue weighted by atomic mass is 10.0. The summed E-state index contributed by atoms with van der Waals surface area (Å²) in [6.45, 7) is 4.28. The minimum Gasteiger partial charge on any atom is -0.383 e. The van der Waals surface area contributed by atoms with E-state index in [-0.39, 0.29) is 11.7 Å². The van der Waals surface area contributed by atoms with E-state index >= 15 is 0 Å². The van der Waals surface area contributed by atoms with Gasteiger partial charge in [-0.15, -0.1) is 0 Å². The molecule has 0 unspecified atom stereocenters. The molecule has 0 bridgehead atoms. The number of nitrogens with zero attached hydrogens (tertiary/aromatic N) is 8. The van der Waals surface area contributed by atoms with Crippen molar-refractivity contribution in [3.63, 3.8) is 0 Å². The van der Waals surface area contributed by atoms with Crippen LogP contribution in [-0.4, -0.2) is 66.7 Å². The van der Waals surface area contributed by atoms with Crippen LogP contribution in [0.4, 0.5) is 11.6 Å². The molecule has 2 aliphatic rings. The van der Waals surface area contributed by atoms with Crippen LogP contribution in [0.5, 0.6) is 0 Å². The fraction of sp³-hybridized carbons (Fsp3) is 0.312. The van der Waals surface area contributed by atoms with Crippen molar-refractivity contribution in [2.75, 3.05) is 37.4 Å². The number of nitrogens with one attached hydrogen (secondary N) is 1. The molecule has 11 heteroatoms. The Kier molecular flexibility index (Phi) is 7.37. The maximum Gasteiger partial charge on any atom is 0.234 e. The van der Waals surface area contributed by atoms with Crippen molar-refractivity contribution in [1.82, 2.24) is 34.4 Å². The van der Waals surface area contributed by atoms with Crippen LogP contribution in [0.3, 0.4) is 0 Å². The number of likely N-dealkylation sites (tertiary alicyclic amines) is 1. The first kappa shape index (κ1) is 26.9. The number of nitrogen functional groups attached to an aromatic ring is 1. The van der Waals surface area contributed by atoms with E-state index in [2.05, 4.69) is 60.1 Å². The van der Waals surface area contributed by atoms with Gasteiger partial charge in [-0.05, 0) is 67.3 Å². The van der Waals surface area contributed by atoms with Gasteiger partial charge in [0.1, 0.15) is 23.2 Å². The minimum atomic E-state index is 0.185. The van der Waals surface area contributed by atoms with Gasteiger partial charge in [0.15, 0.2) is 11.5 Å². The van der Waals surface area contributed by atoms with Crippen LogP contribution in [0, 0.1) is 11.3 Å². The van der Waals surface area contributed by atoms with Gasteiger partial charge in [0.25, 0.3) is 0 Å². The predicted octanol–water partition coefficient (Wildman–Crippen LogP) is 4.31. The van der Waals surface area contributed by atoms with Crippen LogP contribution in [-0.2, 0) is 11.3 Å². The van der Waals surface area contributed by atoms with Gasteiger partial charge in [0, 0.05) is 62.0 Å². The lowest BCUT2D eigenvalue weighted by molar-refractivity contribution is 0.193. The molecular weight excluding hydrogens is 540 g/mol. The first-order valence-corrected chi connectivity index (χ1v) is 14.6. The third-order valence-corrected chi connectivity index (χ3v) is 8.25. The second-order valence-corrected chi connectivity index (χ2v) is 11.1. The number of fused-ring (bicyclic) bond motifs is 1. The number of hydrogen-bond acceptors (Lipinski definition) is 10. The largest absolute Gasteiger partial charge is 0.383 e. The normalized spacial score (nSPS) is 17.7. The molecule has 216 valence electrons. The monoisotopic (exact) mass is 572 g/mol. The highest BCUT2D eigenvalue weighted by Crippen LogP contribution is 2.32. The zero-order valence-corrected chi connectivity index (χ0v) is 23.7. The summed E-state index contributed by atoms with van der Waals surface area (Å²) in [4.78, 5) is 25.0. The Morgan fingerprint density at radius 2 is 1.81 bits per heavy atom.